The van der Waals surface area contributed by atoms with Gasteiger partial charge in [0.15, 0.2) is 0 Å². The molecule has 1 saturated heterocycles. The quantitative estimate of drug-likeness (QED) is 0.595. The van der Waals surface area contributed by atoms with Gasteiger partial charge in [-0.25, -0.2) is 0 Å². The van der Waals surface area contributed by atoms with Gasteiger partial charge in [-0.15, -0.1) is 12.4 Å². The van der Waals surface area contributed by atoms with Crippen LogP contribution in [0.5, 0.6) is 11.5 Å². The van der Waals surface area contributed by atoms with E-state index in [1.165, 1.54) is 18.2 Å². The maximum Gasteiger partial charge on any atom is 0.313 e. The molecule has 1 heterocycles. The first-order chi connectivity index (χ1) is 12.5. The van der Waals surface area contributed by atoms with Crippen molar-refractivity contribution in [3.8, 4) is 11.5 Å². The summed E-state index contributed by atoms with van der Waals surface area (Å²) < 4.78 is 5.59. The molecule has 1 unspecified atom stereocenters. The van der Waals surface area contributed by atoms with Gasteiger partial charge in [-0.3, -0.25) is 14.9 Å². The topological polar surface area (TPSA) is 84.7 Å². The first kappa shape index (κ1) is 21.0. The van der Waals surface area contributed by atoms with E-state index in [0.29, 0.717) is 11.3 Å². The van der Waals surface area contributed by atoms with E-state index in [1.54, 1.807) is 36.2 Å². The molecule has 0 radical (unpaired) electrons. The van der Waals surface area contributed by atoms with Gasteiger partial charge in [0.1, 0.15) is 5.75 Å². The lowest BCUT2D eigenvalue weighted by Crippen LogP contribution is -2.38. The summed E-state index contributed by atoms with van der Waals surface area (Å²) in [6.45, 7) is 1.71. The lowest BCUT2D eigenvalue weighted by atomic mass is 10.1. The average molecular weight is 412 g/mol. The molecule has 27 heavy (non-hydrogen) atoms. The van der Waals surface area contributed by atoms with Crippen LogP contribution in [-0.4, -0.2) is 41.9 Å². The largest absolute Gasteiger partial charge is 0.450 e. The number of hydrogen-bond donors (Lipinski definition) is 1. The summed E-state index contributed by atoms with van der Waals surface area (Å²) in [6.07, 6.45) is 0.934. The highest BCUT2D eigenvalue weighted by Crippen LogP contribution is 2.33. The van der Waals surface area contributed by atoms with E-state index < -0.39 is 4.92 Å². The number of carbonyl (C=O) groups is 1. The first-order valence-corrected chi connectivity index (χ1v) is 8.53. The zero-order valence-corrected chi connectivity index (χ0v) is 16.1. The normalized spacial score (nSPS) is 15.7. The molecular formula is C18H19Cl2N3O4. The Morgan fingerprint density at radius 2 is 2.00 bits per heavy atom. The van der Waals surface area contributed by atoms with Crippen molar-refractivity contribution in [2.45, 2.75) is 12.5 Å². The highest BCUT2D eigenvalue weighted by molar-refractivity contribution is 6.30. The molecule has 0 aliphatic carbocycles. The number of ether oxygens (including phenoxy) is 1. The second-order valence-electron chi connectivity index (χ2n) is 6.06. The highest BCUT2D eigenvalue weighted by Gasteiger charge is 2.24. The Kier molecular flexibility index (Phi) is 7.01. The van der Waals surface area contributed by atoms with Crippen LogP contribution in [0, 0.1) is 10.1 Å². The maximum absolute atomic E-state index is 12.5. The fourth-order valence-corrected chi connectivity index (χ4v) is 3.02. The average Bonchev–Trinajstić information content (AvgIpc) is 3.17. The summed E-state index contributed by atoms with van der Waals surface area (Å²) in [5.74, 6) is 0.424. The number of nitro benzene ring substituents is 1. The fraction of sp³-hybridized carbons (Fsp3) is 0.278. The number of carbonyl (C=O) groups excluding carboxylic acids is 1. The standard InChI is InChI=1S/C18H18ClN3O4.ClH/c1-21(14-8-9-20-11-14)18(23)12-2-5-15(6-3-12)26-17-7-4-13(19)10-16(17)22(24)25;/h2-7,10,14,20H,8-9,11H2,1H3;1H. The van der Waals surface area contributed by atoms with Crippen LogP contribution in [-0.2, 0) is 0 Å². The van der Waals surface area contributed by atoms with Gasteiger partial charge in [-0.05, 0) is 49.4 Å². The Hall–Kier alpha value is -2.35. The van der Waals surface area contributed by atoms with E-state index in [1.807, 2.05) is 0 Å². The van der Waals surface area contributed by atoms with Crippen molar-refractivity contribution in [2.75, 3.05) is 20.1 Å². The molecular weight excluding hydrogens is 393 g/mol. The predicted octanol–water partition coefficient (Wildman–Crippen LogP) is 3.90. The SMILES string of the molecule is CN(C(=O)c1ccc(Oc2ccc(Cl)cc2[N+](=O)[O-])cc1)C1CCNC1.Cl. The smallest absolute Gasteiger partial charge is 0.313 e. The summed E-state index contributed by atoms with van der Waals surface area (Å²) in [5, 5.41) is 14.6. The summed E-state index contributed by atoms with van der Waals surface area (Å²) in [7, 11) is 1.79. The molecule has 0 bridgehead atoms. The Bertz CT molecular complexity index is 824. The third kappa shape index (κ3) is 4.88. The first-order valence-electron chi connectivity index (χ1n) is 8.15. The van der Waals surface area contributed by atoms with E-state index in [9.17, 15) is 14.9 Å². The Morgan fingerprint density at radius 1 is 1.30 bits per heavy atom. The minimum absolute atomic E-state index is 0. The van der Waals surface area contributed by atoms with Crippen LogP contribution in [0.2, 0.25) is 5.02 Å². The summed E-state index contributed by atoms with van der Waals surface area (Å²) in [5.41, 5.74) is 0.323. The Balaban J connectivity index is 0.00000261. The number of benzene rings is 2. The molecule has 3 rings (SSSR count). The Labute approximate surface area is 167 Å². The summed E-state index contributed by atoms with van der Waals surface area (Å²) in [4.78, 5) is 24.8. The Morgan fingerprint density at radius 3 is 2.59 bits per heavy atom. The number of amides is 1. The minimum atomic E-state index is -0.552. The van der Waals surface area contributed by atoms with Crippen LogP contribution in [0.1, 0.15) is 16.8 Å². The van der Waals surface area contributed by atoms with Crippen molar-refractivity contribution in [1.29, 1.82) is 0 Å². The molecule has 1 fully saturated rings. The van der Waals surface area contributed by atoms with Crippen LogP contribution in [0.3, 0.4) is 0 Å². The molecule has 2 aromatic carbocycles. The van der Waals surface area contributed by atoms with Crippen LogP contribution >= 0.6 is 24.0 Å². The van der Waals surface area contributed by atoms with E-state index in [-0.39, 0.29) is 40.8 Å². The number of nitrogens with one attached hydrogen (secondary N) is 1. The van der Waals surface area contributed by atoms with E-state index >= 15 is 0 Å². The third-order valence-corrected chi connectivity index (χ3v) is 4.58. The maximum atomic E-state index is 12.5. The van der Waals surface area contributed by atoms with Gasteiger partial charge in [0, 0.05) is 36.3 Å². The molecule has 1 aliphatic heterocycles. The summed E-state index contributed by atoms with van der Waals surface area (Å²) in [6, 6.07) is 10.9. The molecule has 144 valence electrons. The zero-order chi connectivity index (χ0) is 18.7. The monoisotopic (exact) mass is 411 g/mol. The van der Waals surface area contributed by atoms with E-state index in [0.717, 1.165) is 19.5 Å². The number of nitro groups is 1. The molecule has 0 aromatic heterocycles. The fourth-order valence-electron chi connectivity index (χ4n) is 2.85. The molecule has 1 aliphatic rings. The van der Waals surface area contributed by atoms with Crippen molar-refractivity contribution in [3.63, 3.8) is 0 Å². The molecule has 1 atom stereocenters. The van der Waals surface area contributed by atoms with Gasteiger partial charge in [0.25, 0.3) is 5.91 Å². The van der Waals surface area contributed by atoms with Crippen LogP contribution in [0.15, 0.2) is 42.5 Å². The molecule has 0 spiro atoms. The molecule has 7 nitrogen and oxygen atoms in total. The van der Waals surface area contributed by atoms with Crippen molar-refractivity contribution >= 4 is 35.6 Å². The lowest BCUT2D eigenvalue weighted by molar-refractivity contribution is -0.385. The van der Waals surface area contributed by atoms with E-state index in [2.05, 4.69) is 5.32 Å². The number of nitrogens with zero attached hydrogens (tertiary/aromatic N) is 2. The van der Waals surface area contributed by atoms with Gasteiger partial charge in [-0.2, -0.15) is 0 Å². The molecule has 0 saturated carbocycles. The number of likely N-dealkylation sites (N-methyl/N-ethyl adjacent to an activating group) is 1. The van der Waals surface area contributed by atoms with Crippen molar-refractivity contribution in [2.24, 2.45) is 0 Å². The van der Waals surface area contributed by atoms with Gasteiger partial charge < -0.3 is 15.0 Å². The lowest BCUT2D eigenvalue weighted by Gasteiger charge is -2.23. The van der Waals surface area contributed by atoms with Crippen molar-refractivity contribution in [3.05, 3.63) is 63.2 Å². The number of rotatable bonds is 5. The summed E-state index contributed by atoms with van der Waals surface area (Å²) >= 11 is 5.80. The second kappa shape index (κ2) is 9.03. The van der Waals surface area contributed by atoms with Gasteiger partial charge in [0.2, 0.25) is 5.75 Å². The van der Waals surface area contributed by atoms with Crippen LogP contribution in [0.25, 0.3) is 0 Å². The molecule has 9 heteroatoms. The van der Waals surface area contributed by atoms with Crippen molar-refractivity contribution in [1.82, 2.24) is 10.2 Å². The number of halogens is 2. The van der Waals surface area contributed by atoms with E-state index in [4.69, 9.17) is 16.3 Å². The minimum Gasteiger partial charge on any atom is -0.450 e. The second-order valence-corrected chi connectivity index (χ2v) is 6.49. The van der Waals surface area contributed by atoms with Gasteiger partial charge >= 0.3 is 5.69 Å². The van der Waals surface area contributed by atoms with Crippen LogP contribution < -0.4 is 10.1 Å². The van der Waals surface area contributed by atoms with Gasteiger partial charge in [0.05, 0.1) is 4.92 Å². The predicted molar refractivity (Wildman–Crippen MR) is 105 cm³/mol. The van der Waals surface area contributed by atoms with Gasteiger partial charge in [-0.1, -0.05) is 11.6 Å². The van der Waals surface area contributed by atoms with Crippen LogP contribution in [0.4, 0.5) is 5.69 Å². The van der Waals surface area contributed by atoms with Crippen molar-refractivity contribution < 1.29 is 14.5 Å². The molecule has 2 aromatic rings. The third-order valence-electron chi connectivity index (χ3n) is 4.35. The zero-order valence-electron chi connectivity index (χ0n) is 14.6. The highest BCUT2D eigenvalue weighted by atomic mass is 35.5. The molecule has 1 amide bonds. The number of hydrogen-bond acceptors (Lipinski definition) is 5. The molecule has 1 N–H and O–H groups in total.